The molecule has 1 heterocycles. The molecule has 1 aliphatic heterocycles. The standard InChI is InChI=1S/C12H22N2O5/c1-3-9-8(4-5-19-9)6-13-12(17)14-7-10(18-2)11(15)16/h8-10H,3-7H2,1-2H3,(H,15,16)(H2,13,14,17). The van der Waals surface area contributed by atoms with Crippen LogP contribution in [0.3, 0.4) is 0 Å². The molecule has 0 radical (unpaired) electrons. The molecule has 7 nitrogen and oxygen atoms in total. The van der Waals surface area contributed by atoms with Crippen molar-refractivity contribution in [2.24, 2.45) is 5.92 Å². The molecular formula is C12H22N2O5. The summed E-state index contributed by atoms with van der Waals surface area (Å²) in [4.78, 5) is 22.2. The first-order valence-electron chi connectivity index (χ1n) is 6.47. The number of amides is 2. The molecule has 7 heteroatoms. The summed E-state index contributed by atoms with van der Waals surface area (Å²) in [5.41, 5.74) is 0. The normalized spacial score (nSPS) is 23.9. The van der Waals surface area contributed by atoms with Crippen LogP contribution in [0.25, 0.3) is 0 Å². The second-order valence-electron chi connectivity index (χ2n) is 4.52. The Kier molecular flexibility index (Phi) is 6.58. The Labute approximate surface area is 112 Å². The van der Waals surface area contributed by atoms with Crippen molar-refractivity contribution in [2.45, 2.75) is 32.0 Å². The van der Waals surface area contributed by atoms with Gasteiger partial charge in [-0.3, -0.25) is 0 Å². The molecule has 19 heavy (non-hydrogen) atoms. The van der Waals surface area contributed by atoms with E-state index in [1.165, 1.54) is 7.11 Å². The third-order valence-corrected chi connectivity index (χ3v) is 3.28. The van der Waals surface area contributed by atoms with Gasteiger partial charge in [-0.1, -0.05) is 6.92 Å². The Bertz CT molecular complexity index is 310. The Morgan fingerprint density at radius 1 is 1.47 bits per heavy atom. The van der Waals surface area contributed by atoms with Crippen molar-refractivity contribution in [3.63, 3.8) is 0 Å². The highest BCUT2D eigenvalue weighted by Gasteiger charge is 2.27. The predicted octanol–water partition coefficient (Wildman–Crippen LogP) is 0.200. The van der Waals surface area contributed by atoms with E-state index < -0.39 is 12.1 Å². The molecule has 3 unspecified atom stereocenters. The van der Waals surface area contributed by atoms with Gasteiger partial charge in [-0.15, -0.1) is 0 Å². The summed E-state index contributed by atoms with van der Waals surface area (Å²) < 4.78 is 10.2. The van der Waals surface area contributed by atoms with Crippen molar-refractivity contribution in [1.82, 2.24) is 10.6 Å². The Morgan fingerprint density at radius 2 is 2.21 bits per heavy atom. The first kappa shape index (κ1) is 15.7. The summed E-state index contributed by atoms with van der Waals surface area (Å²) in [6.45, 7) is 3.27. The number of urea groups is 1. The Balaban J connectivity index is 2.22. The lowest BCUT2D eigenvalue weighted by molar-refractivity contribution is -0.147. The number of methoxy groups -OCH3 is 1. The highest BCUT2D eigenvalue weighted by atomic mass is 16.5. The van der Waals surface area contributed by atoms with Crippen molar-refractivity contribution in [2.75, 3.05) is 26.8 Å². The van der Waals surface area contributed by atoms with Gasteiger partial charge < -0.3 is 25.2 Å². The molecule has 0 bridgehead atoms. The molecule has 0 saturated carbocycles. The van der Waals surface area contributed by atoms with Crippen molar-refractivity contribution in [1.29, 1.82) is 0 Å². The molecule has 2 amide bonds. The fraction of sp³-hybridized carbons (Fsp3) is 0.833. The summed E-state index contributed by atoms with van der Waals surface area (Å²) >= 11 is 0. The minimum atomic E-state index is -1.10. The van der Waals surface area contributed by atoms with Gasteiger partial charge >= 0.3 is 12.0 Å². The number of hydrogen-bond donors (Lipinski definition) is 3. The maximum atomic E-state index is 11.5. The second-order valence-corrected chi connectivity index (χ2v) is 4.52. The minimum absolute atomic E-state index is 0.0595. The van der Waals surface area contributed by atoms with Crippen LogP contribution in [0, 0.1) is 5.92 Å². The second kappa shape index (κ2) is 7.96. The van der Waals surface area contributed by atoms with Crippen LogP contribution in [0.4, 0.5) is 4.79 Å². The fourth-order valence-corrected chi connectivity index (χ4v) is 2.12. The number of rotatable bonds is 7. The summed E-state index contributed by atoms with van der Waals surface area (Å²) in [6.07, 6.45) is 1.04. The van der Waals surface area contributed by atoms with Crippen LogP contribution in [0.15, 0.2) is 0 Å². The van der Waals surface area contributed by atoms with E-state index in [2.05, 4.69) is 17.6 Å². The quantitative estimate of drug-likeness (QED) is 0.616. The average Bonchev–Trinajstić information content (AvgIpc) is 2.84. The molecule has 1 aliphatic rings. The van der Waals surface area contributed by atoms with Gasteiger partial charge in [0.05, 0.1) is 12.6 Å². The van der Waals surface area contributed by atoms with Crippen LogP contribution in [0.1, 0.15) is 19.8 Å². The van der Waals surface area contributed by atoms with Crippen LogP contribution < -0.4 is 10.6 Å². The highest BCUT2D eigenvalue weighted by molar-refractivity contribution is 5.76. The lowest BCUT2D eigenvalue weighted by Crippen LogP contribution is -2.44. The van der Waals surface area contributed by atoms with Crippen LogP contribution in [-0.4, -0.2) is 56.1 Å². The first-order valence-corrected chi connectivity index (χ1v) is 6.47. The Hall–Kier alpha value is -1.34. The van der Waals surface area contributed by atoms with Gasteiger partial charge in [0.25, 0.3) is 0 Å². The first-order chi connectivity index (χ1) is 9.08. The van der Waals surface area contributed by atoms with Gasteiger partial charge in [0.15, 0.2) is 6.10 Å². The average molecular weight is 274 g/mol. The molecule has 110 valence electrons. The highest BCUT2D eigenvalue weighted by Crippen LogP contribution is 2.22. The summed E-state index contributed by atoms with van der Waals surface area (Å²) in [7, 11) is 1.29. The number of nitrogens with one attached hydrogen (secondary N) is 2. The molecule has 0 aliphatic carbocycles. The molecule has 1 saturated heterocycles. The predicted molar refractivity (Wildman–Crippen MR) is 68.0 cm³/mol. The SMILES string of the molecule is CCC1OCCC1CNC(=O)NCC(OC)C(=O)O. The van der Waals surface area contributed by atoms with Crippen LogP contribution in [-0.2, 0) is 14.3 Å². The topological polar surface area (TPSA) is 96.9 Å². The zero-order valence-corrected chi connectivity index (χ0v) is 11.3. The summed E-state index contributed by atoms with van der Waals surface area (Å²) in [6, 6.07) is -0.384. The summed E-state index contributed by atoms with van der Waals surface area (Å²) in [5, 5.41) is 13.9. The van der Waals surface area contributed by atoms with E-state index in [4.69, 9.17) is 14.6 Å². The number of carboxylic acid groups (broad SMARTS) is 1. The molecule has 3 atom stereocenters. The van der Waals surface area contributed by atoms with Gasteiger partial charge in [0.2, 0.25) is 0 Å². The van der Waals surface area contributed by atoms with Gasteiger partial charge in [-0.2, -0.15) is 0 Å². The fourth-order valence-electron chi connectivity index (χ4n) is 2.12. The molecule has 0 aromatic rings. The van der Waals surface area contributed by atoms with Crippen molar-refractivity contribution < 1.29 is 24.2 Å². The van der Waals surface area contributed by atoms with Crippen molar-refractivity contribution >= 4 is 12.0 Å². The number of carbonyl (C=O) groups is 2. The smallest absolute Gasteiger partial charge is 0.334 e. The zero-order chi connectivity index (χ0) is 14.3. The van der Waals surface area contributed by atoms with E-state index >= 15 is 0 Å². The molecule has 1 rings (SSSR count). The molecule has 3 N–H and O–H groups in total. The van der Waals surface area contributed by atoms with Gasteiger partial charge in [-0.05, 0) is 12.8 Å². The molecule has 0 aromatic heterocycles. The minimum Gasteiger partial charge on any atom is -0.479 e. The van der Waals surface area contributed by atoms with E-state index in [-0.39, 0.29) is 18.7 Å². The molecule has 1 fully saturated rings. The maximum Gasteiger partial charge on any atom is 0.334 e. The van der Waals surface area contributed by atoms with Crippen LogP contribution in [0.5, 0.6) is 0 Å². The van der Waals surface area contributed by atoms with E-state index in [0.717, 1.165) is 19.4 Å². The van der Waals surface area contributed by atoms with E-state index in [0.29, 0.717) is 12.5 Å². The van der Waals surface area contributed by atoms with Crippen LogP contribution in [0.2, 0.25) is 0 Å². The Morgan fingerprint density at radius 3 is 2.79 bits per heavy atom. The number of ether oxygens (including phenoxy) is 2. The monoisotopic (exact) mass is 274 g/mol. The number of aliphatic carboxylic acids is 1. The zero-order valence-electron chi connectivity index (χ0n) is 11.3. The molecule has 0 aromatic carbocycles. The third kappa shape index (κ3) is 5.04. The number of carbonyl (C=O) groups excluding carboxylic acids is 1. The molecule has 0 spiro atoms. The van der Waals surface area contributed by atoms with Gasteiger partial charge in [0, 0.05) is 26.2 Å². The largest absolute Gasteiger partial charge is 0.479 e. The van der Waals surface area contributed by atoms with Gasteiger partial charge in [-0.25, -0.2) is 9.59 Å². The lowest BCUT2D eigenvalue weighted by atomic mass is 10.00. The van der Waals surface area contributed by atoms with E-state index in [1.807, 2.05) is 0 Å². The third-order valence-electron chi connectivity index (χ3n) is 3.28. The van der Waals surface area contributed by atoms with Crippen LogP contribution >= 0.6 is 0 Å². The molecular weight excluding hydrogens is 252 g/mol. The summed E-state index contributed by atoms with van der Waals surface area (Å²) in [5.74, 6) is -0.772. The van der Waals surface area contributed by atoms with E-state index in [9.17, 15) is 9.59 Å². The van der Waals surface area contributed by atoms with Gasteiger partial charge in [0.1, 0.15) is 0 Å². The van der Waals surface area contributed by atoms with E-state index in [1.54, 1.807) is 0 Å². The lowest BCUT2D eigenvalue weighted by Gasteiger charge is -2.18. The maximum absolute atomic E-state index is 11.5. The van der Waals surface area contributed by atoms with Crippen molar-refractivity contribution in [3.8, 4) is 0 Å². The number of hydrogen-bond acceptors (Lipinski definition) is 4. The van der Waals surface area contributed by atoms with Crippen molar-refractivity contribution in [3.05, 3.63) is 0 Å². The number of carboxylic acids is 1.